The first-order chi connectivity index (χ1) is 13.8. The zero-order chi connectivity index (χ0) is 21.7. The van der Waals surface area contributed by atoms with Gasteiger partial charge in [0.25, 0.3) is 0 Å². The van der Waals surface area contributed by atoms with E-state index in [4.69, 9.17) is 4.74 Å². The summed E-state index contributed by atoms with van der Waals surface area (Å²) in [6.45, 7) is 3.43. The molecule has 0 bridgehead atoms. The molecular formula is C23H32O6. The molecule has 2 atom stereocenters. The first-order valence-electron chi connectivity index (χ1n) is 10.1. The van der Waals surface area contributed by atoms with Crippen molar-refractivity contribution in [2.75, 3.05) is 7.11 Å². The Morgan fingerprint density at radius 3 is 2.69 bits per heavy atom. The SMILES string of the molecule is CCCCC/C=C\C[C@]1(O)C=CC(=O)C1=C/C=C/[C@@H](CCC(=O)OC)OC(C)=O. The Morgan fingerprint density at radius 1 is 1.28 bits per heavy atom. The van der Waals surface area contributed by atoms with E-state index < -0.39 is 23.6 Å². The number of ether oxygens (including phenoxy) is 2. The first-order valence-corrected chi connectivity index (χ1v) is 10.1. The third-order valence-corrected chi connectivity index (χ3v) is 4.58. The van der Waals surface area contributed by atoms with Crippen molar-refractivity contribution in [1.29, 1.82) is 0 Å². The summed E-state index contributed by atoms with van der Waals surface area (Å²) >= 11 is 0. The summed E-state index contributed by atoms with van der Waals surface area (Å²) in [6, 6.07) is 0. The standard InChI is InChI=1S/C23H32O6/c1-4-5-6-7-8-9-16-23(27)17-15-21(25)20(23)12-10-11-19(29-18(2)24)13-14-22(26)28-3/h8-12,15,17,19,27H,4-7,13-14,16H2,1-3H3/b9-8-,11-10+,20-12?/t19-,23-/m0/s1. The number of esters is 2. The van der Waals surface area contributed by atoms with E-state index in [9.17, 15) is 19.5 Å². The summed E-state index contributed by atoms with van der Waals surface area (Å²) in [5.41, 5.74) is -1.08. The summed E-state index contributed by atoms with van der Waals surface area (Å²) < 4.78 is 9.76. The number of methoxy groups -OCH3 is 1. The minimum absolute atomic E-state index is 0.0998. The van der Waals surface area contributed by atoms with Gasteiger partial charge in [0.05, 0.1) is 7.11 Å². The van der Waals surface area contributed by atoms with Crippen molar-refractivity contribution in [2.45, 2.75) is 70.5 Å². The Hall–Kier alpha value is -2.47. The van der Waals surface area contributed by atoms with Crippen molar-refractivity contribution in [1.82, 2.24) is 0 Å². The number of ketones is 1. The lowest BCUT2D eigenvalue weighted by Crippen LogP contribution is -2.27. The van der Waals surface area contributed by atoms with Crippen LogP contribution in [-0.4, -0.2) is 41.6 Å². The van der Waals surface area contributed by atoms with E-state index in [0.717, 1.165) is 19.3 Å². The van der Waals surface area contributed by atoms with Gasteiger partial charge in [-0.2, -0.15) is 0 Å². The molecule has 1 N–H and O–H groups in total. The molecule has 1 aliphatic carbocycles. The zero-order valence-electron chi connectivity index (χ0n) is 17.6. The molecule has 29 heavy (non-hydrogen) atoms. The van der Waals surface area contributed by atoms with Gasteiger partial charge in [0.2, 0.25) is 0 Å². The molecule has 1 aliphatic rings. The number of aliphatic hydroxyl groups is 1. The molecule has 0 aliphatic heterocycles. The highest BCUT2D eigenvalue weighted by atomic mass is 16.5. The maximum absolute atomic E-state index is 12.2. The largest absolute Gasteiger partial charge is 0.469 e. The van der Waals surface area contributed by atoms with Gasteiger partial charge in [-0.15, -0.1) is 0 Å². The van der Waals surface area contributed by atoms with Crippen LogP contribution in [0, 0.1) is 0 Å². The molecular weight excluding hydrogens is 372 g/mol. The molecule has 160 valence electrons. The zero-order valence-corrected chi connectivity index (χ0v) is 17.6. The monoisotopic (exact) mass is 404 g/mol. The van der Waals surface area contributed by atoms with Crippen molar-refractivity contribution >= 4 is 17.7 Å². The van der Waals surface area contributed by atoms with Crippen LogP contribution >= 0.6 is 0 Å². The van der Waals surface area contributed by atoms with E-state index in [2.05, 4.69) is 11.7 Å². The molecule has 0 amide bonds. The Balaban J connectivity index is 2.78. The van der Waals surface area contributed by atoms with Crippen molar-refractivity contribution in [3.8, 4) is 0 Å². The van der Waals surface area contributed by atoms with Gasteiger partial charge < -0.3 is 14.6 Å². The van der Waals surface area contributed by atoms with E-state index in [0.29, 0.717) is 6.42 Å². The highest BCUT2D eigenvalue weighted by Crippen LogP contribution is 2.30. The van der Waals surface area contributed by atoms with Gasteiger partial charge in [-0.05, 0) is 37.5 Å². The molecule has 0 fully saturated rings. The van der Waals surface area contributed by atoms with Crippen molar-refractivity contribution in [3.05, 3.63) is 48.1 Å². The van der Waals surface area contributed by atoms with Crippen LogP contribution in [0.15, 0.2) is 48.1 Å². The number of allylic oxidation sites excluding steroid dienone is 4. The second-order valence-corrected chi connectivity index (χ2v) is 7.02. The van der Waals surface area contributed by atoms with Crippen LogP contribution in [0.25, 0.3) is 0 Å². The maximum atomic E-state index is 12.2. The summed E-state index contributed by atoms with van der Waals surface area (Å²) in [5.74, 6) is -1.13. The van der Waals surface area contributed by atoms with E-state index >= 15 is 0 Å². The minimum Gasteiger partial charge on any atom is -0.469 e. The number of hydrogen-bond acceptors (Lipinski definition) is 6. The molecule has 0 spiro atoms. The van der Waals surface area contributed by atoms with Crippen LogP contribution in [0.3, 0.4) is 0 Å². The molecule has 0 unspecified atom stereocenters. The van der Waals surface area contributed by atoms with Crippen LogP contribution < -0.4 is 0 Å². The molecule has 0 aromatic rings. The fourth-order valence-corrected chi connectivity index (χ4v) is 2.95. The van der Waals surface area contributed by atoms with Crippen LogP contribution in [0.5, 0.6) is 0 Å². The topological polar surface area (TPSA) is 89.9 Å². The highest BCUT2D eigenvalue weighted by molar-refractivity contribution is 6.09. The van der Waals surface area contributed by atoms with Gasteiger partial charge in [-0.25, -0.2) is 0 Å². The summed E-state index contributed by atoms with van der Waals surface area (Å²) in [7, 11) is 1.29. The predicted octanol–water partition coefficient (Wildman–Crippen LogP) is 3.75. The van der Waals surface area contributed by atoms with Crippen LogP contribution in [0.4, 0.5) is 0 Å². The molecule has 0 aromatic heterocycles. The van der Waals surface area contributed by atoms with Gasteiger partial charge in [-0.3, -0.25) is 14.4 Å². The van der Waals surface area contributed by atoms with Crippen molar-refractivity contribution in [2.24, 2.45) is 0 Å². The minimum atomic E-state index is -1.34. The first kappa shape index (κ1) is 24.6. The lowest BCUT2D eigenvalue weighted by Gasteiger charge is -2.20. The Morgan fingerprint density at radius 2 is 2.03 bits per heavy atom. The van der Waals surface area contributed by atoms with Gasteiger partial charge in [0, 0.05) is 25.3 Å². The van der Waals surface area contributed by atoms with Crippen molar-refractivity contribution in [3.63, 3.8) is 0 Å². The normalized spacial score (nSPS) is 21.4. The third-order valence-electron chi connectivity index (χ3n) is 4.58. The Bertz CT molecular complexity index is 685. The van der Waals surface area contributed by atoms with Gasteiger partial charge >= 0.3 is 11.9 Å². The molecule has 0 saturated heterocycles. The van der Waals surface area contributed by atoms with E-state index in [-0.39, 0.29) is 24.2 Å². The van der Waals surface area contributed by atoms with Gasteiger partial charge in [0.1, 0.15) is 11.7 Å². The number of rotatable bonds is 12. The summed E-state index contributed by atoms with van der Waals surface area (Å²) in [6.07, 6.45) is 15.9. The van der Waals surface area contributed by atoms with Crippen LogP contribution in [-0.2, 0) is 23.9 Å². The molecule has 6 nitrogen and oxygen atoms in total. The lowest BCUT2D eigenvalue weighted by atomic mass is 9.92. The van der Waals surface area contributed by atoms with E-state index in [1.54, 1.807) is 12.2 Å². The van der Waals surface area contributed by atoms with Crippen LogP contribution in [0.1, 0.15) is 58.8 Å². The van der Waals surface area contributed by atoms with Crippen molar-refractivity contribution < 1.29 is 29.0 Å². The summed E-state index contributed by atoms with van der Waals surface area (Å²) in [5, 5.41) is 10.8. The molecule has 0 radical (unpaired) electrons. The average Bonchev–Trinajstić information content (AvgIpc) is 2.96. The quantitative estimate of drug-likeness (QED) is 0.231. The third kappa shape index (κ3) is 9.05. The number of hydrogen-bond donors (Lipinski definition) is 1. The fourth-order valence-electron chi connectivity index (χ4n) is 2.95. The second kappa shape index (κ2) is 12.9. The molecule has 0 saturated carbocycles. The van der Waals surface area contributed by atoms with Gasteiger partial charge in [0.15, 0.2) is 5.78 Å². The maximum Gasteiger partial charge on any atom is 0.305 e. The second-order valence-electron chi connectivity index (χ2n) is 7.02. The molecule has 6 heteroatoms. The molecule has 1 rings (SSSR count). The summed E-state index contributed by atoms with van der Waals surface area (Å²) in [4.78, 5) is 34.7. The lowest BCUT2D eigenvalue weighted by molar-refractivity contribution is -0.147. The highest BCUT2D eigenvalue weighted by Gasteiger charge is 2.35. The van der Waals surface area contributed by atoms with Crippen LogP contribution in [0.2, 0.25) is 0 Å². The Labute approximate surface area is 173 Å². The predicted molar refractivity (Wildman–Crippen MR) is 111 cm³/mol. The van der Waals surface area contributed by atoms with Gasteiger partial charge in [-0.1, -0.05) is 44.1 Å². The molecule has 0 aromatic carbocycles. The Kier molecular flexibility index (Phi) is 10.9. The van der Waals surface area contributed by atoms with E-state index in [1.807, 2.05) is 12.2 Å². The molecule has 0 heterocycles. The number of carbonyl (C=O) groups excluding carboxylic acids is 3. The smallest absolute Gasteiger partial charge is 0.305 e. The number of carbonyl (C=O) groups is 3. The fraction of sp³-hybridized carbons (Fsp3) is 0.522. The van der Waals surface area contributed by atoms with E-state index in [1.165, 1.54) is 38.7 Å². The average molecular weight is 405 g/mol. The number of unbranched alkanes of at least 4 members (excludes halogenated alkanes) is 3.